The number of nitrogens with zero attached hydrogens (tertiary/aromatic N) is 1. The molecule has 0 aliphatic rings. The van der Waals surface area contributed by atoms with E-state index in [4.69, 9.17) is 42.1 Å². The Hall–Kier alpha value is -2.90. The van der Waals surface area contributed by atoms with Crippen molar-refractivity contribution in [3.63, 3.8) is 0 Å². The Kier molecular flexibility index (Phi) is 6.20. The summed E-state index contributed by atoms with van der Waals surface area (Å²) in [5.74, 6) is 1.95. The molecule has 3 aromatic rings. The summed E-state index contributed by atoms with van der Waals surface area (Å²) in [7, 11) is 6.01. The number of H-pyrrole nitrogens is 1. The van der Waals surface area contributed by atoms with Gasteiger partial charge in [0.05, 0.1) is 49.4 Å². The summed E-state index contributed by atoms with van der Waals surface area (Å²) in [4.78, 5) is 19.6. The van der Waals surface area contributed by atoms with Crippen LogP contribution in [0.2, 0.25) is 5.02 Å². The maximum absolute atomic E-state index is 12.5. The third-order valence-corrected chi connectivity index (χ3v) is 4.76. The summed E-state index contributed by atoms with van der Waals surface area (Å²) in [5, 5.41) is 0.923. The number of rotatable bonds is 6. The van der Waals surface area contributed by atoms with Gasteiger partial charge in [-0.3, -0.25) is 4.79 Å². The van der Waals surface area contributed by atoms with Gasteiger partial charge in [0.1, 0.15) is 0 Å². The highest BCUT2D eigenvalue weighted by Crippen LogP contribution is 2.37. The standard InChI is InChI=1S/C20H18Cl2N2O5/c1-26-15-8-11-14(9-16(15)27-2)23-19(24-20(11)25)13(22)6-10-5-12(21)18(29-4)17(7-10)28-3/h5-9H,1-4H3,(H,23,24,25)/b13-6-. The minimum Gasteiger partial charge on any atom is -0.493 e. The van der Waals surface area contributed by atoms with Gasteiger partial charge in [0.15, 0.2) is 28.8 Å². The highest BCUT2D eigenvalue weighted by molar-refractivity contribution is 6.50. The predicted molar refractivity (Wildman–Crippen MR) is 114 cm³/mol. The van der Waals surface area contributed by atoms with Crippen LogP contribution in [0.1, 0.15) is 11.4 Å². The quantitative estimate of drug-likeness (QED) is 0.618. The van der Waals surface area contributed by atoms with Crippen molar-refractivity contribution < 1.29 is 18.9 Å². The van der Waals surface area contributed by atoms with Crippen molar-refractivity contribution in [2.75, 3.05) is 28.4 Å². The third kappa shape index (κ3) is 4.11. The second-order valence-corrected chi connectivity index (χ2v) is 6.68. The van der Waals surface area contributed by atoms with Crippen LogP contribution in [0.25, 0.3) is 22.0 Å². The van der Waals surface area contributed by atoms with Gasteiger partial charge in [0, 0.05) is 6.07 Å². The number of fused-ring (bicyclic) bond motifs is 1. The Balaban J connectivity index is 2.10. The molecule has 152 valence electrons. The first-order valence-electron chi connectivity index (χ1n) is 8.37. The van der Waals surface area contributed by atoms with Crippen LogP contribution < -0.4 is 24.5 Å². The Labute approximate surface area is 176 Å². The molecule has 0 saturated heterocycles. The second-order valence-electron chi connectivity index (χ2n) is 5.87. The number of hydrogen-bond donors (Lipinski definition) is 1. The van der Waals surface area contributed by atoms with Gasteiger partial charge in [-0.1, -0.05) is 23.2 Å². The molecular weight excluding hydrogens is 419 g/mol. The number of hydrogen-bond acceptors (Lipinski definition) is 6. The summed E-state index contributed by atoms with van der Waals surface area (Å²) >= 11 is 12.7. The third-order valence-electron chi connectivity index (χ3n) is 4.19. The van der Waals surface area contributed by atoms with Crippen molar-refractivity contribution >= 4 is 45.2 Å². The molecule has 0 radical (unpaired) electrons. The lowest BCUT2D eigenvalue weighted by molar-refractivity contribution is 0.355. The fourth-order valence-electron chi connectivity index (χ4n) is 2.81. The first-order chi connectivity index (χ1) is 13.9. The maximum Gasteiger partial charge on any atom is 0.259 e. The normalized spacial score (nSPS) is 11.4. The Morgan fingerprint density at radius 3 is 2.24 bits per heavy atom. The van der Waals surface area contributed by atoms with E-state index in [0.717, 1.165) is 0 Å². The lowest BCUT2D eigenvalue weighted by Crippen LogP contribution is -2.11. The average Bonchev–Trinajstić information content (AvgIpc) is 2.72. The Bertz CT molecular complexity index is 1160. The molecule has 0 spiro atoms. The lowest BCUT2D eigenvalue weighted by atomic mass is 10.1. The Morgan fingerprint density at radius 2 is 1.62 bits per heavy atom. The van der Waals surface area contributed by atoms with Crippen LogP contribution in [0.3, 0.4) is 0 Å². The first-order valence-corrected chi connectivity index (χ1v) is 9.12. The summed E-state index contributed by atoms with van der Waals surface area (Å²) < 4.78 is 21.0. The zero-order valence-electron chi connectivity index (χ0n) is 16.1. The largest absolute Gasteiger partial charge is 0.493 e. The summed E-state index contributed by atoms with van der Waals surface area (Å²) in [6, 6.07) is 6.55. The van der Waals surface area contributed by atoms with Gasteiger partial charge >= 0.3 is 0 Å². The molecule has 0 amide bonds. The van der Waals surface area contributed by atoms with Crippen molar-refractivity contribution in [1.29, 1.82) is 0 Å². The van der Waals surface area contributed by atoms with Crippen LogP contribution in [-0.2, 0) is 0 Å². The molecule has 0 aliphatic heterocycles. The molecule has 0 bridgehead atoms. The average molecular weight is 437 g/mol. The smallest absolute Gasteiger partial charge is 0.259 e. The fraction of sp³-hybridized carbons (Fsp3) is 0.200. The summed E-state index contributed by atoms with van der Waals surface area (Å²) in [6.07, 6.45) is 1.61. The molecule has 1 aromatic heterocycles. The second kappa shape index (κ2) is 8.63. The van der Waals surface area contributed by atoms with Crippen LogP contribution in [0, 0.1) is 0 Å². The first kappa shape index (κ1) is 20.8. The van der Waals surface area contributed by atoms with E-state index in [9.17, 15) is 4.79 Å². The van der Waals surface area contributed by atoms with Crippen molar-refractivity contribution in [1.82, 2.24) is 9.97 Å². The molecule has 29 heavy (non-hydrogen) atoms. The number of benzene rings is 2. The van der Waals surface area contributed by atoms with Crippen molar-refractivity contribution in [3.05, 3.63) is 51.0 Å². The topological polar surface area (TPSA) is 82.7 Å². The molecule has 0 fully saturated rings. The van der Waals surface area contributed by atoms with Crippen molar-refractivity contribution in [3.8, 4) is 23.0 Å². The van der Waals surface area contributed by atoms with Gasteiger partial charge in [-0.2, -0.15) is 0 Å². The van der Waals surface area contributed by atoms with Gasteiger partial charge in [0.2, 0.25) is 0 Å². The van der Waals surface area contributed by atoms with Gasteiger partial charge in [-0.15, -0.1) is 0 Å². The number of ether oxygens (including phenoxy) is 4. The SMILES string of the molecule is COc1cc2nc(/C(Cl)=C/c3cc(Cl)c(OC)c(OC)c3)[nH]c(=O)c2cc1OC. The van der Waals surface area contributed by atoms with Gasteiger partial charge in [0.25, 0.3) is 5.56 Å². The molecule has 3 rings (SSSR count). The van der Waals surface area contributed by atoms with Gasteiger partial charge < -0.3 is 23.9 Å². The lowest BCUT2D eigenvalue weighted by Gasteiger charge is -2.11. The van der Waals surface area contributed by atoms with Crippen LogP contribution in [-0.4, -0.2) is 38.4 Å². The van der Waals surface area contributed by atoms with E-state index in [-0.39, 0.29) is 16.4 Å². The minimum absolute atomic E-state index is 0.197. The molecule has 7 nitrogen and oxygen atoms in total. The molecular formula is C20H18Cl2N2O5. The zero-order chi connectivity index (χ0) is 21.1. The molecule has 0 unspecified atom stereocenters. The van der Waals surface area contributed by atoms with Gasteiger partial charge in [-0.05, 0) is 29.8 Å². The summed E-state index contributed by atoms with van der Waals surface area (Å²) in [6.45, 7) is 0. The van der Waals surface area contributed by atoms with E-state index in [1.807, 2.05) is 0 Å². The minimum atomic E-state index is -0.358. The fourth-order valence-corrected chi connectivity index (χ4v) is 3.33. The highest BCUT2D eigenvalue weighted by atomic mass is 35.5. The maximum atomic E-state index is 12.5. The van der Waals surface area contributed by atoms with E-state index in [1.165, 1.54) is 28.4 Å². The van der Waals surface area contributed by atoms with Crippen LogP contribution in [0.4, 0.5) is 0 Å². The van der Waals surface area contributed by atoms with E-state index < -0.39 is 0 Å². The molecule has 9 heteroatoms. The molecule has 2 aromatic carbocycles. The highest BCUT2D eigenvalue weighted by Gasteiger charge is 2.14. The number of methoxy groups -OCH3 is 4. The van der Waals surface area contributed by atoms with Crippen molar-refractivity contribution in [2.45, 2.75) is 0 Å². The van der Waals surface area contributed by atoms with Crippen molar-refractivity contribution in [2.24, 2.45) is 0 Å². The molecule has 1 N–H and O–H groups in total. The molecule has 1 heterocycles. The predicted octanol–water partition coefficient (Wildman–Crippen LogP) is 4.35. The Morgan fingerprint density at radius 1 is 0.966 bits per heavy atom. The van der Waals surface area contributed by atoms with Crippen LogP contribution >= 0.6 is 23.2 Å². The molecule has 0 aliphatic carbocycles. The van der Waals surface area contributed by atoms with E-state index in [2.05, 4.69) is 9.97 Å². The number of aromatic nitrogens is 2. The van der Waals surface area contributed by atoms with Crippen LogP contribution in [0.15, 0.2) is 29.1 Å². The number of halogens is 2. The number of nitrogens with one attached hydrogen (secondary N) is 1. The molecule has 0 atom stereocenters. The van der Waals surface area contributed by atoms with E-state index >= 15 is 0 Å². The number of aromatic amines is 1. The summed E-state index contributed by atoms with van der Waals surface area (Å²) in [5.41, 5.74) is 0.703. The molecule has 0 saturated carbocycles. The van der Waals surface area contributed by atoms with E-state index in [0.29, 0.717) is 44.5 Å². The van der Waals surface area contributed by atoms with Crippen LogP contribution in [0.5, 0.6) is 23.0 Å². The monoisotopic (exact) mass is 436 g/mol. The van der Waals surface area contributed by atoms with Gasteiger partial charge in [-0.25, -0.2) is 4.98 Å². The van der Waals surface area contributed by atoms with E-state index in [1.54, 1.807) is 30.3 Å². The zero-order valence-corrected chi connectivity index (χ0v) is 17.6.